The predicted octanol–water partition coefficient (Wildman–Crippen LogP) is 4.38. The van der Waals surface area contributed by atoms with E-state index >= 15 is 0 Å². The predicted molar refractivity (Wildman–Crippen MR) is 101 cm³/mol. The van der Waals surface area contributed by atoms with Gasteiger partial charge in [-0.1, -0.05) is 60.7 Å². The van der Waals surface area contributed by atoms with Gasteiger partial charge in [-0.15, -0.1) is 0 Å². The average Bonchev–Trinajstić information content (AvgIpc) is 3.09. The molecule has 4 rings (SSSR count). The Labute approximate surface area is 156 Å². The zero-order chi connectivity index (χ0) is 18.6. The number of benzene rings is 3. The Hall–Kier alpha value is -3.66. The molecule has 132 valence electrons. The third-order valence-electron chi connectivity index (χ3n) is 4.32. The van der Waals surface area contributed by atoms with Gasteiger partial charge < -0.3 is 9.47 Å². The fraction of sp³-hybridized carbons (Fsp3) is 0.0435. The summed E-state index contributed by atoms with van der Waals surface area (Å²) in [4.78, 5) is 25.6. The molecule has 0 N–H and O–H groups in total. The highest BCUT2D eigenvalue weighted by molar-refractivity contribution is 6.06. The first-order chi connectivity index (χ1) is 13.2. The zero-order valence-electron chi connectivity index (χ0n) is 14.4. The van der Waals surface area contributed by atoms with Gasteiger partial charge >= 0.3 is 11.9 Å². The highest BCUT2D eigenvalue weighted by Crippen LogP contribution is 2.38. The molecule has 1 aliphatic rings. The summed E-state index contributed by atoms with van der Waals surface area (Å²) in [6, 6.07) is 25.0. The van der Waals surface area contributed by atoms with E-state index in [1.54, 1.807) is 54.6 Å². The second kappa shape index (κ2) is 7.30. The molecule has 0 fully saturated rings. The van der Waals surface area contributed by atoms with Crippen LogP contribution in [0, 0.1) is 0 Å². The van der Waals surface area contributed by atoms with Crippen LogP contribution in [0.15, 0.2) is 90.5 Å². The van der Waals surface area contributed by atoms with Crippen LogP contribution in [0.1, 0.15) is 17.0 Å². The first kappa shape index (κ1) is 16.8. The molecule has 0 saturated heterocycles. The molecule has 0 spiro atoms. The van der Waals surface area contributed by atoms with E-state index in [1.165, 1.54) is 0 Å². The molecule has 4 heteroatoms. The highest BCUT2D eigenvalue weighted by Gasteiger charge is 2.37. The number of carbonyl (C=O) groups excluding carboxylic acids is 2. The quantitative estimate of drug-likeness (QED) is 0.514. The molecular formula is C23H16O4. The first-order valence-corrected chi connectivity index (χ1v) is 8.57. The number of fused-ring (bicyclic) bond motifs is 1. The third-order valence-corrected chi connectivity index (χ3v) is 4.32. The first-order valence-electron chi connectivity index (χ1n) is 8.57. The molecule has 3 aromatic carbocycles. The standard InChI is InChI=1S/C23H16O4/c24-22(26-17-10-3-1-4-11-17)20-15-16-9-7-8-14-19(16)21(20)23(25)27-18-12-5-2-6-13-18/h1-15,21H. The lowest BCUT2D eigenvalue weighted by molar-refractivity contribution is -0.138. The van der Waals surface area contributed by atoms with E-state index in [2.05, 4.69) is 0 Å². The SMILES string of the molecule is O=C(Oc1ccccc1)C1=Cc2ccccc2C1C(=O)Oc1ccccc1. The number of hydrogen-bond donors (Lipinski definition) is 0. The monoisotopic (exact) mass is 356 g/mol. The number of rotatable bonds is 4. The lowest BCUT2D eigenvalue weighted by Crippen LogP contribution is -2.24. The number of esters is 2. The van der Waals surface area contributed by atoms with Crippen molar-refractivity contribution in [2.45, 2.75) is 5.92 Å². The summed E-state index contributed by atoms with van der Waals surface area (Å²) in [5.74, 6) is -1.04. The van der Waals surface area contributed by atoms with Crippen LogP contribution in [0.4, 0.5) is 0 Å². The Bertz CT molecular complexity index is 1010. The maximum Gasteiger partial charge on any atom is 0.340 e. The Kier molecular flexibility index (Phi) is 4.54. The summed E-state index contributed by atoms with van der Waals surface area (Å²) in [6.07, 6.45) is 1.69. The Balaban J connectivity index is 1.63. The van der Waals surface area contributed by atoms with E-state index in [0.717, 1.165) is 11.1 Å². The van der Waals surface area contributed by atoms with Crippen molar-refractivity contribution in [3.8, 4) is 11.5 Å². The van der Waals surface area contributed by atoms with Gasteiger partial charge in [-0.05, 0) is 41.5 Å². The van der Waals surface area contributed by atoms with Gasteiger partial charge in [-0.2, -0.15) is 0 Å². The van der Waals surface area contributed by atoms with Crippen LogP contribution >= 0.6 is 0 Å². The van der Waals surface area contributed by atoms with Crippen molar-refractivity contribution in [1.82, 2.24) is 0 Å². The number of ether oxygens (including phenoxy) is 2. The van der Waals surface area contributed by atoms with E-state index in [1.807, 2.05) is 36.4 Å². The molecule has 1 aliphatic carbocycles. The van der Waals surface area contributed by atoms with Crippen LogP contribution in [0.2, 0.25) is 0 Å². The Morgan fingerprint density at radius 1 is 0.667 bits per heavy atom. The third kappa shape index (κ3) is 3.51. The van der Waals surface area contributed by atoms with E-state index < -0.39 is 17.9 Å². The van der Waals surface area contributed by atoms with Crippen molar-refractivity contribution < 1.29 is 19.1 Å². The van der Waals surface area contributed by atoms with Gasteiger partial charge in [-0.25, -0.2) is 4.79 Å². The molecule has 1 atom stereocenters. The highest BCUT2D eigenvalue weighted by atomic mass is 16.5. The summed E-state index contributed by atoms with van der Waals surface area (Å²) in [6.45, 7) is 0. The minimum absolute atomic E-state index is 0.265. The van der Waals surface area contributed by atoms with Crippen LogP contribution < -0.4 is 9.47 Å². The molecule has 1 unspecified atom stereocenters. The number of carbonyl (C=O) groups is 2. The van der Waals surface area contributed by atoms with Gasteiger partial charge in [0.15, 0.2) is 0 Å². The smallest absolute Gasteiger partial charge is 0.340 e. The van der Waals surface area contributed by atoms with Crippen LogP contribution in [0.3, 0.4) is 0 Å². The number of hydrogen-bond acceptors (Lipinski definition) is 4. The van der Waals surface area contributed by atoms with Gasteiger partial charge in [0, 0.05) is 0 Å². The molecule has 27 heavy (non-hydrogen) atoms. The molecular weight excluding hydrogens is 340 g/mol. The van der Waals surface area contributed by atoms with Crippen LogP contribution in [-0.4, -0.2) is 11.9 Å². The molecule has 0 saturated carbocycles. The van der Waals surface area contributed by atoms with Crippen LogP contribution in [0.25, 0.3) is 6.08 Å². The molecule has 0 amide bonds. The van der Waals surface area contributed by atoms with Gasteiger partial charge in [0.1, 0.15) is 17.4 Å². The van der Waals surface area contributed by atoms with E-state index in [0.29, 0.717) is 11.5 Å². The normalized spacial score (nSPS) is 14.8. The van der Waals surface area contributed by atoms with Crippen molar-refractivity contribution in [3.63, 3.8) is 0 Å². The van der Waals surface area contributed by atoms with Crippen LogP contribution in [-0.2, 0) is 9.59 Å². The summed E-state index contributed by atoms with van der Waals surface area (Å²) in [5.41, 5.74) is 1.81. The van der Waals surface area contributed by atoms with Crippen molar-refractivity contribution in [2.24, 2.45) is 0 Å². The Morgan fingerprint density at radius 2 is 1.22 bits per heavy atom. The lowest BCUT2D eigenvalue weighted by atomic mass is 9.96. The van der Waals surface area contributed by atoms with Crippen LogP contribution in [0.5, 0.6) is 11.5 Å². The van der Waals surface area contributed by atoms with Crippen molar-refractivity contribution in [3.05, 3.63) is 102 Å². The maximum absolute atomic E-state index is 12.9. The van der Waals surface area contributed by atoms with Gasteiger partial charge in [0.25, 0.3) is 0 Å². The van der Waals surface area contributed by atoms with Gasteiger partial charge in [0.2, 0.25) is 0 Å². The summed E-state index contributed by atoms with van der Waals surface area (Å²) < 4.78 is 10.9. The summed E-state index contributed by atoms with van der Waals surface area (Å²) in [7, 11) is 0. The van der Waals surface area contributed by atoms with Crippen molar-refractivity contribution >= 4 is 18.0 Å². The fourth-order valence-corrected chi connectivity index (χ4v) is 3.07. The molecule has 0 bridgehead atoms. The van der Waals surface area contributed by atoms with Crippen molar-refractivity contribution in [1.29, 1.82) is 0 Å². The number of para-hydroxylation sites is 2. The molecule has 0 heterocycles. The molecule has 4 nitrogen and oxygen atoms in total. The van der Waals surface area contributed by atoms with Gasteiger partial charge in [0.05, 0.1) is 5.57 Å². The zero-order valence-corrected chi connectivity index (χ0v) is 14.4. The topological polar surface area (TPSA) is 52.6 Å². The lowest BCUT2D eigenvalue weighted by Gasteiger charge is -2.15. The molecule has 0 aliphatic heterocycles. The van der Waals surface area contributed by atoms with E-state index in [9.17, 15) is 9.59 Å². The fourth-order valence-electron chi connectivity index (χ4n) is 3.07. The Morgan fingerprint density at radius 3 is 1.89 bits per heavy atom. The van der Waals surface area contributed by atoms with E-state index in [-0.39, 0.29) is 5.57 Å². The molecule has 0 aromatic heterocycles. The van der Waals surface area contributed by atoms with E-state index in [4.69, 9.17) is 9.47 Å². The van der Waals surface area contributed by atoms with Gasteiger partial charge in [-0.3, -0.25) is 4.79 Å². The molecule has 3 aromatic rings. The minimum Gasteiger partial charge on any atom is -0.426 e. The largest absolute Gasteiger partial charge is 0.426 e. The van der Waals surface area contributed by atoms with Crippen molar-refractivity contribution in [2.75, 3.05) is 0 Å². The second-order valence-electron chi connectivity index (χ2n) is 6.10. The minimum atomic E-state index is -0.822. The summed E-state index contributed by atoms with van der Waals surface area (Å²) in [5, 5.41) is 0. The average molecular weight is 356 g/mol. The maximum atomic E-state index is 12.9. The second-order valence-corrected chi connectivity index (χ2v) is 6.10. The molecule has 0 radical (unpaired) electrons. The summed E-state index contributed by atoms with van der Waals surface area (Å²) >= 11 is 0.